The first kappa shape index (κ1) is 26.4. The number of rotatable bonds is 9. The molecule has 11 heteroatoms. The fourth-order valence-electron chi connectivity index (χ4n) is 2.36. The molecule has 0 spiro atoms. The molecule has 0 saturated carbocycles. The van der Waals surface area contributed by atoms with Gasteiger partial charge in [0.25, 0.3) is 0 Å². The molecule has 0 bridgehead atoms. The third kappa shape index (κ3) is 9.47. The van der Waals surface area contributed by atoms with E-state index in [-0.39, 0.29) is 30.5 Å². The zero-order valence-electron chi connectivity index (χ0n) is 17.1. The van der Waals surface area contributed by atoms with Crippen molar-refractivity contribution in [3.05, 3.63) is 45.9 Å². The van der Waals surface area contributed by atoms with E-state index in [0.717, 1.165) is 41.0 Å². The summed E-state index contributed by atoms with van der Waals surface area (Å²) in [5, 5.41) is 7.45. The molecule has 168 valence electrons. The maximum Gasteiger partial charge on any atom is 0.434 e. The van der Waals surface area contributed by atoms with E-state index in [1.54, 1.807) is 7.05 Å². The number of ether oxygens (including phenoxy) is 1. The topological polar surface area (TPSA) is 61.8 Å². The number of benzene rings is 1. The molecule has 0 aliphatic rings. The van der Waals surface area contributed by atoms with Crippen LogP contribution in [0.4, 0.5) is 13.2 Å². The van der Waals surface area contributed by atoms with E-state index < -0.39 is 11.9 Å². The molecule has 0 amide bonds. The molecule has 2 rings (SSSR count). The molecule has 0 aliphatic heterocycles. The molecule has 6 nitrogen and oxygen atoms in total. The number of nitrogens with one attached hydrogen (secondary N) is 2. The average Bonchev–Trinajstić information content (AvgIpc) is 3.16. The van der Waals surface area contributed by atoms with Crippen LogP contribution in [-0.2, 0) is 19.3 Å². The number of nitrogens with zero attached hydrogens (tertiary/aromatic N) is 3. The normalized spacial score (nSPS) is 11.9. The van der Waals surface area contributed by atoms with Crippen LogP contribution in [0.2, 0.25) is 0 Å². The SMILES string of the molecule is CN=C(NCc1ccc(OCCCN(C)C)cc1)NCc1nc(C(F)(F)F)cs1.I. The Morgan fingerprint density at radius 3 is 2.40 bits per heavy atom. The number of guanidine groups is 1. The Hall–Kier alpha value is -1.60. The molecule has 1 aromatic heterocycles. The summed E-state index contributed by atoms with van der Waals surface area (Å²) in [6, 6.07) is 7.74. The number of hydrogen-bond donors (Lipinski definition) is 2. The summed E-state index contributed by atoms with van der Waals surface area (Å²) in [5.41, 5.74) is 0.161. The lowest BCUT2D eigenvalue weighted by Crippen LogP contribution is -2.36. The fourth-order valence-corrected chi connectivity index (χ4v) is 3.10. The lowest BCUT2D eigenvalue weighted by Gasteiger charge is -2.12. The molecule has 2 aromatic rings. The van der Waals surface area contributed by atoms with Gasteiger partial charge in [0.2, 0.25) is 0 Å². The van der Waals surface area contributed by atoms with Gasteiger partial charge in [-0.1, -0.05) is 12.1 Å². The standard InChI is InChI=1S/C19H26F3N5OS.HI/c1-23-18(25-12-17-26-16(13-29-17)19(20,21)22)24-11-14-5-7-15(8-6-14)28-10-4-9-27(2)3;/h5-8,13H,4,9-12H2,1-3H3,(H2,23,24,25);1H. The van der Waals surface area contributed by atoms with Crippen molar-refractivity contribution in [2.24, 2.45) is 4.99 Å². The second-order valence-corrected chi connectivity index (χ2v) is 7.50. The Bertz CT molecular complexity index is 781. The predicted octanol–water partition coefficient (Wildman–Crippen LogP) is 3.98. The van der Waals surface area contributed by atoms with Crippen LogP contribution in [0.3, 0.4) is 0 Å². The van der Waals surface area contributed by atoms with Crippen molar-refractivity contribution < 1.29 is 17.9 Å². The van der Waals surface area contributed by atoms with Gasteiger partial charge in [0, 0.05) is 25.5 Å². The number of thiazole rings is 1. The van der Waals surface area contributed by atoms with E-state index in [1.165, 1.54) is 0 Å². The Kier molecular flexibility index (Phi) is 11.4. The highest BCUT2D eigenvalue weighted by Gasteiger charge is 2.33. The van der Waals surface area contributed by atoms with Crippen LogP contribution in [0.25, 0.3) is 0 Å². The summed E-state index contributed by atoms with van der Waals surface area (Å²) in [6.45, 7) is 2.33. The zero-order chi connectivity index (χ0) is 21.3. The molecule has 2 N–H and O–H groups in total. The van der Waals surface area contributed by atoms with Crippen LogP contribution in [-0.4, -0.2) is 50.1 Å². The van der Waals surface area contributed by atoms with E-state index in [2.05, 4.69) is 25.5 Å². The highest BCUT2D eigenvalue weighted by atomic mass is 127. The molecule has 30 heavy (non-hydrogen) atoms. The third-order valence-electron chi connectivity index (χ3n) is 3.87. The van der Waals surface area contributed by atoms with Gasteiger partial charge >= 0.3 is 6.18 Å². The molecule has 1 aromatic carbocycles. The Morgan fingerprint density at radius 1 is 1.17 bits per heavy atom. The van der Waals surface area contributed by atoms with Crippen molar-refractivity contribution in [3.8, 4) is 5.75 Å². The summed E-state index contributed by atoms with van der Waals surface area (Å²) >= 11 is 0.962. The lowest BCUT2D eigenvalue weighted by molar-refractivity contribution is -0.140. The van der Waals surface area contributed by atoms with Crippen LogP contribution in [0.15, 0.2) is 34.6 Å². The largest absolute Gasteiger partial charge is 0.494 e. The van der Waals surface area contributed by atoms with Gasteiger partial charge in [0.05, 0.1) is 13.2 Å². The second kappa shape index (κ2) is 13.0. The summed E-state index contributed by atoms with van der Waals surface area (Å²) in [5.74, 6) is 1.30. The third-order valence-corrected chi connectivity index (χ3v) is 4.72. The Labute approximate surface area is 196 Å². The minimum atomic E-state index is -4.42. The molecule has 0 radical (unpaired) electrons. The first-order chi connectivity index (χ1) is 13.8. The maximum absolute atomic E-state index is 12.6. The summed E-state index contributed by atoms with van der Waals surface area (Å²) in [6.07, 6.45) is -3.46. The van der Waals surface area contributed by atoms with Crippen molar-refractivity contribution in [1.82, 2.24) is 20.5 Å². The quantitative estimate of drug-likeness (QED) is 0.212. The van der Waals surface area contributed by atoms with Gasteiger partial charge in [-0.3, -0.25) is 4.99 Å². The van der Waals surface area contributed by atoms with Crippen molar-refractivity contribution in [2.45, 2.75) is 25.7 Å². The highest BCUT2D eigenvalue weighted by Crippen LogP contribution is 2.29. The monoisotopic (exact) mass is 557 g/mol. The van der Waals surface area contributed by atoms with Crippen LogP contribution in [0, 0.1) is 0 Å². The number of aromatic nitrogens is 1. The Morgan fingerprint density at radius 2 is 1.83 bits per heavy atom. The number of halogens is 4. The van der Waals surface area contributed by atoms with Gasteiger partial charge in [-0.05, 0) is 38.2 Å². The van der Waals surface area contributed by atoms with E-state index in [4.69, 9.17) is 4.74 Å². The van der Waals surface area contributed by atoms with Crippen molar-refractivity contribution in [2.75, 3.05) is 34.3 Å². The van der Waals surface area contributed by atoms with Crippen LogP contribution in [0.1, 0.15) is 22.7 Å². The van der Waals surface area contributed by atoms with Crippen molar-refractivity contribution >= 4 is 41.3 Å². The predicted molar refractivity (Wildman–Crippen MR) is 125 cm³/mol. The number of alkyl halides is 3. The minimum Gasteiger partial charge on any atom is -0.494 e. The van der Waals surface area contributed by atoms with E-state index >= 15 is 0 Å². The molecule has 1 heterocycles. The van der Waals surface area contributed by atoms with Gasteiger partial charge in [-0.2, -0.15) is 13.2 Å². The number of aliphatic imine (C=N–C) groups is 1. The lowest BCUT2D eigenvalue weighted by atomic mass is 10.2. The highest BCUT2D eigenvalue weighted by molar-refractivity contribution is 14.0. The van der Waals surface area contributed by atoms with Gasteiger partial charge < -0.3 is 20.3 Å². The van der Waals surface area contributed by atoms with Gasteiger partial charge in [0.15, 0.2) is 11.7 Å². The van der Waals surface area contributed by atoms with Crippen LogP contribution >= 0.6 is 35.3 Å². The average molecular weight is 557 g/mol. The van der Waals surface area contributed by atoms with Gasteiger partial charge in [-0.25, -0.2) is 4.98 Å². The molecule has 0 saturated heterocycles. The molecular formula is C19H27F3IN5OS. The second-order valence-electron chi connectivity index (χ2n) is 6.55. The molecular weight excluding hydrogens is 530 g/mol. The molecule has 0 fully saturated rings. The van der Waals surface area contributed by atoms with Gasteiger partial charge in [-0.15, -0.1) is 35.3 Å². The van der Waals surface area contributed by atoms with E-state index in [1.807, 2.05) is 38.4 Å². The zero-order valence-corrected chi connectivity index (χ0v) is 20.3. The van der Waals surface area contributed by atoms with Crippen molar-refractivity contribution in [3.63, 3.8) is 0 Å². The first-order valence-corrected chi connectivity index (χ1v) is 9.98. The van der Waals surface area contributed by atoms with Crippen LogP contribution in [0.5, 0.6) is 5.75 Å². The summed E-state index contributed by atoms with van der Waals surface area (Å²) in [7, 11) is 5.66. The fraction of sp³-hybridized carbons (Fsp3) is 0.474. The van der Waals surface area contributed by atoms with Crippen molar-refractivity contribution in [1.29, 1.82) is 0 Å². The molecule has 0 aliphatic carbocycles. The minimum absolute atomic E-state index is 0. The van der Waals surface area contributed by atoms with E-state index in [0.29, 0.717) is 24.1 Å². The smallest absolute Gasteiger partial charge is 0.434 e. The first-order valence-electron chi connectivity index (χ1n) is 9.10. The van der Waals surface area contributed by atoms with Crippen LogP contribution < -0.4 is 15.4 Å². The van der Waals surface area contributed by atoms with Gasteiger partial charge in [0.1, 0.15) is 10.8 Å². The Balaban J connectivity index is 0.00000450. The summed E-state index contributed by atoms with van der Waals surface area (Å²) < 4.78 is 43.5. The summed E-state index contributed by atoms with van der Waals surface area (Å²) in [4.78, 5) is 9.78. The molecule has 0 atom stereocenters. The van der Waals surface area contributed by atoms with E-state index in [9.17, 15) is 13.2 Å². The maximum atomic E-state index is 12.6. The molecule has 0 unspecified atom stereocenters. The number of hydrogen-bond acceptors (Lipinski definition) is 5.